The topological polar surface area (TPSA) is 24.9 Å². The van der Waals surface area contributed by atoms with Crippen molar-refractivity contribution in [3.63, 3.8) is 0 Å². The molecule has 1 aromatic heterocycles. The third-order valence-corrected chi connectivity index (χ3v) is 4.62. The van der Waals surface area contributed by atoms with E-state index in [1.807, 2.05) is 6.92 Å². The normalized spacial score (nSPS) is 10.7. The van der Waals surface area contributed by atoms with E-state index < -0.39 is 0 Å². The molecule has 0 atom stereocenters. The van der Waals surface area contributed by atoms with Crippen LogP contribution < -0.4 is 5.32 Å². The fourth-order valence-electron chi connectivity index (χ4n) is 1.44. The summed E-state index contributed by atoms with van der Waals surface area (Å²) in [5.74, 6) is 0. The van der Waals surface area contributed by atoms with Crippen LogP contribution >= 0.6 is 46.1 Å². The fourth-order valence-corrected chi connectivity index (χ4v) is 2.93. The molecule has 0 saturated carbocycles. The van der Waals surface area contributed by atoms with Gasteiger partial charge in [0.2, 0.25) is 0 Å². The monoisotopic (exact) mass is 320 g/mol. The molecule has 0 aliphatic rings. The second kappa shape index (κ2) is 5.66. The van der Waals surface area contributed by atoms with E-state index in [4.69, 9.17) is 34.8 Å². The van der Waals surface area contributed by atoms with Crippen molar-refractivity contribution in [2.24, 2.45) is 0 Å². The molecule has 0 aliphatic carbocycles. The molecule has 6 heteroatoms. The molecule has 0 saturated heterocycles. The molecule has 0 bridgehead atoms. The maximum absolute atomic E-state index is 6.08. The van der Waals surface area contributed by atoms with Gasteiger partial charge in [0.05, 0.1) is 33.0 Å². The van der Waals surface area contributed by atoms with Gasteiger partial charge in [0.15, 0.2) is 0 Å². The molecule has 2 nitrogen and oxygen atoms in total. The van der Waals surface area contributed by atoms with Gasteiger partial charge in [-0.1, -0.05) is 34.8 Å². The van der Waals surface area contributed by atoms with E-state index in [2.05, 4.69) is 17.2 Å². The lowest BCUT2D eigenvalue weighted by Gasteiger charge is -2.08. The Morgan fingerprint density at radius 2 is 1.78 bits per heavy atom. The molecule has 96 valence electrons. The highest BCUT2D eigenvalue weighted by Gasteiger charge is 2.07. The number of aryl methyl sites for hydroxylation is 2. The summed E-state index contributed by atoms with van der Waals surface area (Å²) in [6.07, 6.45) is 0. The van der Waals surface area contributed by atoms with Crippen LogP contribution in [0.1, 0.15) is 15.6 Å². The van der Waals surface area contributed by atoms with Crippen LogP contribution in [0, 0.1) is 13.8 Å². The summed E-state index contributed by atoms with van der Waals surface area (Å²) in [5.41, 5.74) is 1.83. The number of halogens is 3. The summed E-state index contributed by atoms with van der Waals surface area (Å²) < 4.78 is 0. The first-order valence-electron chi connectivity index (χ1n) is 5.28. The predicted molar refractivity (Wildman–Crippen MR) is 80.4 cm³/mol. The minimum Gasteiger partial charge on any atom is -0.377 e. The molecule has 0 spiro atoms. The molecule has 0 aliphatic heterocycles. The van der Waals surface area contributed by atoms with Crippen molar-refractivity contribution in [3.8, 4) is 0 Å². The standard InChI is InChI=1S/C12H11Cl3N2S/c1-6-7(2)18-12(17-6)5-16-11-4-9(14)8(13)3-10(11)15/h3-4,16H,5H2,1-2H3. The van der Waals surface area contributed by atoms with Gasteiger partial charge in [-0.15, -0.1) is 11.3 Å². The van der Waals surface area contributed by atoms with E-state index in [0.717, 1.165) is 16.4 Å². The average molecular weight is 322 g/mol. The van der Waals surface area contributed by atoms with E-state index in [1.54, 1.807) is 23.5 Å². The summed E-state index contributed by atoms with van der Waals surface area (Å²) in [6, 6.07) is 3.35. The van der Waals surface area contributed by atoms with Gasteiger partial charge in [0, 0.05) is 4.88 Å². The predicted octanol–water partition coefficient (Wildman–Crippen LogP) is 5.33. The SMILES string of the molecule is Cc1nc(CNc2cc(Cl)c(Cl)cc2Cl)sc1C. The second-order valence-electron chi connectivity index (χ2n) is 3.85. The van der Waals surface area contributed by atoms with Crippen molar-refractivity contribution in [3.05, 3.63) is 42.8 Å². The Bertz CT molecular complexity index is 561. The van der Waals surface area contributed by atoms with Crippen LogP contribution in [0.25, 0.3) is 0 Å². The Balaban J connectivity index is 2.13. The number of hydrogen-bond acceptors (Lipinski definition) is 3. The summed E-state index contributed by atoms with van der Waals surface area (Å²) in [7, 11) is 0. The molecule has 0 unspecified atom stereocenters. The number of nitrogens with one attached hydrogen (secondary N) is 1. The number of thiazole rings is 1. The van der Waals surface area contributed by atoms with Crippen molar-refractivity contribution in [1.29, 1.82) is 0 Å². The third kappa shape index (κ3) is 3.09. The van der Waals surface area contributed by atoms with E-state index in [9.17, 15) is 0 Å². The van der Waals surface area contributed by atoms with Gasteiger partial charge < -0.3 is 5.32 Å². The number of hydrogen-bond donors (Lipinski definition) is 1. The lowest BCUT2D eigenvalue weighted by Crippen LogP contribution is -1.99. The smallest absolute Gasteiger partial charge is 0.112 e. The number of aromatic nitrogens is 1. The zero-order valence-electron chi connectivity index (χ0n) is 9.85. The molecule has 0 radical (unpaired) electrons. The van der Waals surface area contributed by atoms with Crippen molar-refractivity contribution in [2.45, 2.75) is 20.4 Å². The maximum atomic E-state index is 6.08. The zero-order valence-corrected chi connectivity index (χ0v) is 12.9. The summed E-state index contributed by atoms with van der Waals surface area (Å²) >= 11 is 19.6. The van der Waals surface area contributed by atoms with Crippen molar-refractivity contribution < 1.29 is 0 Å². The summed E-state index contributed by atoms with van der Waals surface area (Å²) in [5, 5.41) is 5.72. The molecule has 1 heterocycles. The van der Waals surface area contributed by atoms with Crippen LogP contribution in [0.2, 0.25) is 15.1 Å². The van der Waals surface area contributed by atoms with Crippen molar-refractivity contribution in [1.82, 2.24) is 4.98 Å². The van der Waals surface area contributed by atoms with Crippen LogP contribution in [0.5, 0.6) is 0 Å². The van der Waals surface area contributed by atoms with Gasteiger partial charge in [0.1, 0.15) is 5.01 Å². The molecule has 1 N–H and O–H groups in total. The largest absolute Gasteiger partial charge is 0.377 e. The minimum absolute atomic E-state index is 0.452. The van der Waals surface area contributed by atoms with Gasteiger partial charge in [-0.05, 0) is 26.0 Å². The number of rotatable bonds is 3. The molecule has 1 aromatic carbocycles. The molecular formula is C12H11Cl3N2S. The van der Waals surface area contributed by atoms with E-state index in [1.165, 1.54) is 4.88 Å². The molecule has 0 fully saturated rings. The van der Waals surface area contributed by atoms with Crippen molar-refractivity contribution >= 4 is 51.8 Å². The molecular weight excluding hydrogens is 311 g/mol. The first-order valence-corrected chi connectivity index (χ1v) is 7.23. The molecule has 0 amide bonds. The Hall–Kier alpha value is -0.480. The van der Waals surface area contributed by atoms with Gasteiger partial charge in [0.25, 0.3) is 0 Å². The quantitative estimate of drug-likeness (QED) is 0.773. The van der Waals surface area contributed by atoms with Gasteiger partial charge in [-0.3, -0.25) is 0 Å². The first kappa shape index (κ1) is 13.9. The molecule has 2 aromatic rings. The van der Waals surface area contributed by atoms with E-state index >= 15 is 0 Å². The summed E-state index contributed by atoms with van der Waals surface area (Å²) in [4.78, 5) is 5.68. The van der Waals surface area contributed by atoms with Crippen LogP contribution in [0.4, 0.5) is 5.69 Å². The van der Waals surface area contributed by atoms with Crippen LogP contribution in [-0.2, 0) is 6.54 Å². The second-order valence-corrected chi connectivity index (χ2v) is 6.36. The van der Waals surface area contributed by atoms with Gasteiger partial charge in [-0.2, -0.15) is 0 Å². The van der Waals surface area contributed by atoms with Crippen LogP contribution in [-0.4, -0.2) is 4.98 Å². The maximum Gasteiger partial charge on any atom is 0.112 e. The van der Waals surface area contributed by atoms with Crippen molar-refractivity contribution in [2.75, 3.05) is 5.32 Å². The third-order valence-electron chi connectivity index (χ3n) is 2.51. The lowest BCUT2D eigenvalue weighted by atomic mass is 10.3. The summed E-state index contributed by atoms with van der Waals surface area (Å²) in [6.45, 7) is 4.68. The highest BCUT2D eigenvalue weighted by molar-refractivity contribution is 7.11. The lowest BCUT2D eigenvalue weighted by molar-refractivity contribution is 1.07. The highest BCUT2D eigenvalue weighted by Crippen LogP contribution is 2.32. The Morgan fingerprint density at radius 1 is 1.11 bits per heavy atom. The molecule has 18 heavy (non-hydrogen) atoms. The Morgan fingerprint density at radius 3 is 2.39 bits per heavy atom. The van der Waals surface area contributed by atoms with Crippen LogP contribution in [0.15, 0.2) is 12.1 Å². The average Bonchev–Trinajstić information content (AvgIpc) is 2.62. The first-order chi connectivity index (χ1) is 8.47. The van der Waals surface area contributed by atoms with Crippen LogP contribution in [0.3, 0.4) is 0 Å². The molecule has 2 rings (SSSR count). The van der Waals surface area contributed by atoms with E-state index in [0.29, 0.717) is 21.6 Å². The minimum atomic E-state index is 0.452. The Kier molecular flexibility index (Phi) is 4.38. The zero-order chi connectivity index (χ0) is 13.3. The van der Waals surface area contributed by atoms with E-state index in [-0.39, 0.29) is 0 Å². The number of benzene rings is 1. The fraction of sp³-hybridized carbons (Fsp3) is 0.250. The number of anilines is 1. The number of nitrogens with zero attached hydrogens (tertiary/aromatic N) is 1. The van der Waals surface area contributed by atoms with Gasteiger partial charge in [-0.25, -0.2) is 4.98 Å². The highest BCUT2D eigenvalue weighted by atomic mass is 35.5. The van der Waals surface area contributed by atoms with Gasteiger partial charge >= 0.3 is 0 Å². The Labute approximate surface area is 125 Å².